The Labute approximate surface area is 106 Å². The second-order valence-electron chi connectivity index (χ2n) is 4.58. The standard InChI is InChI=1S/C14H16N4/c1-18(10-6-3-2-4-7-10)13-11-8-5-9-12(11)16-14(15)17-13/h2-4,6-7H,5,8-9H2,1H3,(H2,15,16,17). The highest BCUT2D eigenvalue weighted by atomic mass is 15.2. The van der Waals surface area contributed by atoms with Gasteiger partial charge in [0, 0.05) is 18.3 Å². The molecule has 18 heavy (non-hydrogen) atoms. The Hall–Kier alpha value is -2.10. The first kappa shape index (κ1) is 11.0. The van der Waals surface area contributed by atoms with Crippen LogP contribution in [0.25, 0.3) is 0 Å². The number of rotatable bonds is 2. The number of fused-ring (bicyclic) bond motifs is 1. The lowest BCUT2D eigenvalue weighted by Gasteiger charge is -2.21. The summed E-state index contributed by atoms with van der Waals surface area (Å²) < 4.78 is 0. The van der Waals surface area contributed by atoms with E-state index in [1.54, 1.807) is 0 Å². The van der Waals surface area contributed by atoms with E-state index in [1.807, 2.05) is 25.2 Å². The van der Waals surface area contributed by atoms with E-state index < -0.39 is 0 Å². The maximum Gasteiger partial charge on any atom is 0.222 e. The smallest absolute Gasteiger partial charge is 0.222 e. The molecule has 0 spiro atoms. The number of hydrogen-bond donors (Lipinski definition) is 1. The summed E-state index contributed by atoms with van der Waals surface area (Å²) in [5.41, 5.74) is 9.27. The molecule has 2 aromatic rings. The van der Waals surface area contributed by atoms with Crippen LogP contribution in [-0.2, 0) is 12.8 Å². The minimum absolute atomic E-state index is 0.369. The van der Waals surface area contributed by atoms with Crippen LogP contribution in [0, 0.1) is 0 Å². The van der Waals surface area contributed by atoms with Crippen molar-refractivity contribution in [2.45, 2.75) is 19.3 Å². The van der Waals surface area contributed by atoms with E-state index in [2.05, 4.69) is 27.0 Å². The van der Waals surface area contributed by atoms with E-state index in [4.69, 9.17) is 5.73 Å². The molecule has 1 aromatic heterocycles. The molecule has 0 saturated heterocycles. The van der Waals surface area contributed by atoms with E-state index in [9.17, 15) is 0 Å². The quantitative estimate of drug-likeness (QED) is 0.875. The summed E-state index contributed by atoms with van der Waals surface area (Å²) >= 11 is 0. The molecule has 0 fully saturated rings. The van der Waals surface area contributed by atoms with Crippen LogP contribution in [0.2, 0.25) is 0 Å². The maximum atomic E-state index is 5.80. The van der Waals surface area contributed by atoms with Crippen molar-refractivity contribution >= 4 is 17.5 Å². The maximum absolute atomic E-state index is 5.80. The minimum atomic E-state index is 0.369. The molecule has 2 N–H and O–H groups in total. The molecule has 0 bridgehead atoms. The number of benzene rings is 1. The van der Waals surface area contributed by atoms with Gasteiger partial charge in [0.05, 0.1) is 5.69 Å². The van der Waals surface area contributed by atoms with Gasteiger partial charge >= 0.3 is 0 Å². The monoisotopic (exact) mass is 240 g/mol. The van der Waals surface area contributed by atoms with Gasteiger partial charge in [0.1, 0.15) is 5.82 Å². The lowest BCUT2D eigenvalue weighted by Crippen LogP contribution is -2.15. The average Bonchev–Trinajstić information content (AvgIpc) is 2.86. The molecule has 0 amide bonds. The second-order valence-corrected chi connectivity index (χ2v) is 4.58. The highest BCUT2D eigenvalue weighted by molar-refractivity contribution is 5.64. The van der Waals surface area contributed by atoms with Crippen LogP contribution in [0.15, 0.2) is 30.3 Å². The summed E-state index contributed by atoms with van der Waals surface area (Å²) in [6, 6.07) is 10.2. The first-order chi connectivity index (χ1) is 8.75. The molecule has 1 aliphatic carbocycles. The number of aryl methyl sites for hydroxylation is 1. The molecule has 4 nitrogen and oxygen atoms in total. The Bertz CT molecular complexity index is 566. The summed E-state index contributed by atoms with van der Waals surface area (Å²) in [6.45, 7) is 0. The van der Waals surface area contributed by atoms with Crippen molar-refractivity contribution in [3.63, 3.8) is 0 Å². The predicted octanol–water partition coefficient (Wildman–Crippen LogP) is 2.32. The number of para-hydroxylation sites is 1. The molecule has 3 rings (SSSR count). The molecule has 92 valence electrons. The molecule has 0 saturated carbocycles. The number of nitrogen functional groups attached to an aromatic ring is 1. The van der Waals surface area contributed by atoms with Crippen molar-refractivity contribution in [2.75, 3.05) is 17.7 Å². The third kappa shape index (κ3) is 1.79. The van der Waals surface area contributed by atoms with Gasteiger partial charge in [-0.3, -0.25) is 0 Å². The molecular formula is C14H16N4. The van der Waals surface area contributed by atoms with E-state index in [-0.39, 0.29) is 0 Å². The molecule has 1 aliphatic rings. The average molecular weight is 240 g/mol. The summed E-state index contributed by atoms with van der Waals surface area (Å²) in [5.74, 6) is 1.31. The third-order valence-electron chi connectivity index (χ3n) is 3.39. The zero-order valence-electron chi connectivity index (χ0n) is 10.4. The zero-order valence-corrected chi connectivity index (χ0v) is 10.4. The fraction of sp³-hybridized carbons (Fsp3) is 0.286. The van der Waals surface area contributed by atoms with Crippen LogP contribution in [-0.4, -0.2) is 17.0 Å². The van der Waals surface area contributed by atoms with Gasteiger partial charge in [-0.25, -0.2) is 4.98 Å². The summed E-state index contributed by atoms with van der Waals surface area (Å²) in [5, 5.41) is 0. The largest absolute Gasteiger partial charge is 0.368 e. The predicted molar refractivity (Wildman–Crippen MR) is 73.0 cm³/mol. The highest BCUT2D eigenvalue weighted by Crippen LogP contribution is 2.32. The Kier molecular flexibility index (Phi) is 2.63. The van der Waals surface area contributed by atoms with Gasteiger partial charge in [0.25, 0.3) is 0 Å². The second kappa shape index (κ2) is 4.29. The number of anilines is 3. The minimum Gasteiger partial charge on any atom is -0.368 e. The zero-order chi connectivity index (χ0) is 12.5. The van der Waals surface area contributed by atoms with E-state index in [0.29, 0.717) is 5.95 Å². The van der Waals surface area contributed by atoms with Crippen molar-refractivity contribution < 1.29 is 0 Å². The van der Waals surface area contributed by atoms with Gasteiger partial charge in [-0.1, -0.05) is 18.2 Å². The van der Waals surface area contributed by atoms with Crippen molar-refractivity contribution in [1.29, 1.82) is 0 Å². The molecule has 1 heterocycles. The molecular weight excluding hydrogens is 224 g/mol. The first-order valence-corrected chi connectivity index (χ1v) is 6.20. The van der Waals surface area contributed by atoms with Crippen molar-refractivity contribution in [3.05, 3.63) is 41.6 Å². The summed E-state index contributed by atoms with van der Waals surface area (Å²) in [7, 11) is 2.02. The summed E-state index contributed by atoms with van der Waals surface area (Å²) in [6.07, 6.45) is 3.20. The molecule has 0 unspecified atom stereocenters. The number of nitrogens with zero attached hydrogens (tertiary/aromatic N) is 3. The van der Waals surface area contributed by atoms with Crippen LogP contribution >= 0.6 is 0 Å². The van der Waals surface area contributed by atoms with Gasteiger partial charge in [0.2, 0.25) is 5.95 Å². The Morgan fingerprint density at radius 1 is 1.11 bits per heavy atom. The molecule has 4 heteroatoms. The van der Waals surface area contributed by atoms with Crippen LogP contribution in [0.3, 0.4) is 0 Å². The van der Waals surface area contributed by atoms with Crippen molar-refractivity contribution in [2.24, 2.45) is 0 Å². The lowest BCUT2D eigenvalue weighted by molar-refractivity contribution is 0.899. The van der Waals surface area contributed by atoms with Crippen LogP contribution in [0.1, 0.15) is 17.7 Å². The molecule has 1 aromatic carbocycles. The van der Waals surface area contributed by atoms with Crippen molar-refractivity contribution in [3.8, 4) is 0 Å². The fourth-order valence-electron chi connectivity index (χ4n) is 2.48. The summed E-state index contributed by atoms with van der Waals surface area (Å²) in [4.78, 5) is 10.8. The van der Waals surface area contributed by atoms with Crippen LogP contribution < -0.4 is 10.6 Å². The first-order valence-electron chi connectivity index (χ1n) is 6.20. The Morgan fingerprint density at radius 2 is 1.89 bits per heavy atom. The SMILES string of the molecule is CN(c1ccccc1)c1nc(N)nc2c1CCC2. The molecule has 0 aliphatic heterocycles. The normalized spacial score (nSPS) is 13.4. The highest BCUT2D eigenvalue weighted by Gasteiger charge is 2.21. The Morgan fingerprint density at radius 3 is 2.67 bits per heavy atom. The van der Waals surface area contributed by atoms with Gasteiger partial charge in [-0.15, -0.1) is 0 Å². The molecule has 0 radical (unpaired) electrons. The van der Waals surface area contributed by atoms with Gasteiger partial charge in [-0.2, -0.15) is 4.98 Å². The van der Waals surface area contributed by atoms with E-state index in [1.165, 1.54) is 5.56 Å². The molecule has 0 atom stereocenters. The van der Waals surface area contributed by atoms with Gasteiger partial charge < -0.3 is 10.6 Å². The van der Waals surface area contributed by atoms with Gasteiger partial charge in [0.15, 0.2) is 0 Å². The fourth-order valence-corrected chi connectivity index (χ4v) is 2.48. The van der Waals surface area contributed by atoms with Gasteiger partial charge in [-0.05, 0) is 31.4 Å². The number of hydrogen-bond acceptors (Lipinski definition) is 4. The number of nitrogens with two attached hydrogens (primary N) is 1. The van der Waals surface area contributed by atoms with Crippen molar-refractivity contribution in [1.82, 2.24) is 9.97 Å². The number of aromatic nitrogens is 2. The van der Waals surface area contributed by atoms with E-state index in [0.717, 1.165) is 36.5 Å². The van der Waals surface area contributed by atoms with Crippen LogP contribution in [0.4, 0.5) is 17.5 Å². The third-order valence-corrected chi connectivity index (χ3v) is 3.39. The Balaban J connectivity index is 2.07. The van der Waals surface area contributed by atoms with Crippen LogP contribution in [0.5, 0.6) is 0 Å². The van der Waals surface area contributed by atoms with E-state index >= 15 is 0 Å². The topological polar surface area (TPSA) is 55.0 Å². The lowest BCUT2D eigenvalue weighted by atomic mass is 10.2.